The first-order valence-electron chi connectivity index (χ1n) is 6.51. The van der Waals surface area contributed by atoms with Crippen molar-refractivity contribution < 1.29 is 9.13 Å². The van der Waals surface area contributed by atoms with Gasteiger partial charge in [0.15, 0.2) is 0 Å². The van der Waals surface area contributed by atoms with Crippen molar-refractivity contribution in [3.05, 3.63) is 29.8 Å². The molecule has 0 N–H and O–H groups in total. The van der Waals surface area contributed by atoms with Crippen LogP contribution in [-0.2, 0) is 11.3 Å². The first kappa shape index (κ1) is 14.3. The molecular formula is C14H18ClFN2O. The minimum Gasteiger partial charge on any atom is -0.382 e. The zero-order valence-electron chi connectivity index (χ0n) is 11.2. The van der Waals surface area contributed by atoms with Crippen LogP contribution in [-0.4, -0.2) is 22.8 Å². The van der Waals surface area contributed by atoms with E-state index < -0.39 is 0 Å². The lowest BCUT2D eigenvalue weighted by Gasteiger charge is -2.10. The van der Waals surface area contributed by atoms with Crippen LogP contribution >= 0.6 is 11.6 Å². The van der Waals surface area contributed by atoms with E-state index in [1.165, 1.54) is 12.1 Å². The molecule has 0 fully saturated rings. The van der Waals surface area contributed by atoms with Crippen molar-refractivity contribution in [1.29, 1.82) is 0 Å². The average Bonchev–Trinajstić information content (AvgIpc) is 2.73. The van der Waals surface area contributed by atoms with Gasteiger partial charge in [0.25, 0.3) is 0 Å². The molecule has 104 valence electrons. The van der Waals surface area contributed by atoms with Crippen molar-refractivity contribution in [3.8, 4) is 0 Å². The second-order valence-electron chi connectivity index (χ2n) is 4.42. The number of imidazole rings is 1. The fourth-order valence-electron chi connectivity index (χ4n) is 2.12. The summed E-state index contributed by atoms with van der Waals surface area (Å²) in [6.45, 7) is 5.96. The number of halogens is 2. The second kappa shape index (κ2) is 6.35. The van der Waals surface area contributed by atoms with E-state index in [4.69, 9.17) is 16.3 Å². The van der Waals surface area contributed by atoms with Gasteiger partial charge in [0, 0.05) is 19.8 Å². The molecule has 0 spiro atoms. The van der Waals surface area contributed by atoms with E-state index in [-0.39, 0.29) is 11.2 Å². The molecule has 1 aromatic carbocycles. The van der Waals surface area contributed by atoms with E-state index in [0.29, 0.717) is 13.2 Å². The second-order valence-corrected chi connectivity index (χ2v) is 5.08. The Hall–Kier alpha value is -1.13. The maximum atomic E-state index is 13.4. The molecule has 0 amide bonds. The number of alkyl halides is 1. The monoisotopic (exact) mass is 284 g/mol. The molecule has 1 unspecified atom stereocenters. The van der Waals surface area contributed by atoms with E-state index in [1.54, 1.807) is 6.07 Å². The summed E-state index contributed by atoms with van der Waals surface area (Å²) in [6.07, 6.45) is 0.854. The van der Waals surface area contributed by atoms with Gasteiger partial charge >= 0.3 is 0 Å². The van der Waals surface area contributed by atoms with E-state index in [1.807, 2.05) is 18.4 Å². The van der Waals surface area contributed by atoms with Crippen LogP contribution < -0.4 is 0 Å². The summed E-state index contributed by atoms with van der Waals surface area (Å²) in [7, 11) is 0. The topological polar surface area (TPSA) is 27.1 Å². The predicted molar refractivity (Wildman–Crippen MR) is 75.1 cm³/mol. The molecular weight excluding hydrogens is 267 g/mol. The van der Waals surface area contributed by atoms with Gasteiger partial charge in [-0.05, 0) is 38.5 Å². The fraction of sp³-hybridized carbons (Fsp3) is 0.500. The van der Waals surface area contributed by atoms with Crippen molar-refractivity contribution in [2.45, 2.75) is 32.2 Å². The van der Waals surface area contributed by atoms with Crippen LogP contribution in [0.1, 0.15) is 31.5 Å². The van der Waals surface area contributed by atoms with Crippen molar-refractivity contribution >= 4 is 22.6 Å². The molecule has 0 bridgehead atoms. The third kappa shape index (κ3) is 3.25. The molecule has 1 atom stereocenters. The maximum Gasteiger partial charge on any atom is 0.127 e. The number of rotatable bonds is 6. The summed E-state index contributed by atoms with van der Waals surface area (Å²) in [5.74, 6) is 0.519. The minimum atomic E-state index is -0.257. The van der Waals surface area contributed by atoms with Gasteiger partial charge in [-0.3, -0.25) is 0 Å². The summed E-state index contributed by atoms with van der Waals surface area (Å²) >= 11 is 6.15. The van der Waals surface area contributed by atoms with Crippen LogP contribution in [0.5, 0.6) is 0 Å². The van der Waals surface area contributed by atoms with Gasteiger partial charge in [0.05, 0.1) is 16.4 Å². The summed E-state index contributed by atoms with van der Waals surface area (Å²) < 4.78 is 20.7. The van der Waals surface area contributed by atoms with Crippen molar-refractivity contribution in [1.82, 2.24) is 9.55 Å². The van der Waals surface area contributed by atoms with Crippen LogP contribution in [0, 0.1) is 5.82 Å². The summed E-state index contributed by atoms with van der Waals surface area (Å²) in [6, 6.07) is 4.61. The lowest BCUT2D eigenvalue weighted by Crippen LogP contribution is -2.07. The van der Waals surface area contributed by atoms with Crippen LogP contribution in [0.25, 0.3) is 11.0 Å². The molecule has 0 saturated carbocycles. The Morgan fingerprint density at radius 3 is 2.95 bits per heavy atom. The van der Waals surface area contributed by atoms with Gasteiger partial charge in [-0.15, -0.1) is 11.6 Å². The molecule has 0 saturated heterocycles. The van der Waals surface area contributed by atoms with Crippen molar-refractivity contribution in [3.63, 3.8) is 0 Å². The Balaban J connectivity index is 2.31. The van der Waals surface area contributed by atoms with Gasteiger partial charge in [-0.1, -0.05) is 0 Å². The van der Waals surface area contributed by atoms with Gasteiger partial charge in [-0.2, -0.15) is 0 Å². The Kier molecular flexibility index (Phi) is 4.77. The summed E-state index contributed by atoms with van der Waals surface area (Å²) in [5.41, 5.74) is 1.57. The number of aromatic nitrogens is 2. The zero-order valence-corrected chi connectivity index (χ0v) is 12.0. The minimum absolute atomic E-state index is 0.206. The third-order valence-electron chi connectivity index (χ3n) is 2.97. The molecule has 0 aliphatic rings. The summed E-state index contributed by atoms with van der Waals surface area (Å²) in [4.78, 5) is 4.48. The number of benzene rings is 1. The van der Waals surface area contributed by atoms with Crippen LogP contribution in [0.15, 0.2) is 18.2 Å². The van der Waals surface area contributed by atoms with Crippen LogP contribution in [0.2, 0.25) is 0 Å². The molecule has 0 aliphatic carbocycles. The standard InChI is InChI=1S/C14H18ClFN2O/c1-3-19-8-4-7-18-13-9-11(16)5-6-12(13)17-14(18)10(2)15/h5-6,9-10H,3-4,7-8H2,1-2H3. The first-order chi connectivity index (χ1) is 9.13. The normalized spacial score (nSPS) is 13.1. The molecule has 0 aliphatic heterocycles. The molecule has 1 heterocycles. The number of nitrogens with zero attached hydrogens (tertiary/aromatic N) is 2. The highest BCUT2D eigenvalue weighted by molar-refractivity contribution is 6.20. The Morgan fingerprint density at radius 1 is 1.47 bits per heavy atom. The van der Waals surface area contributed by atoms with E-state index >= 15 is 0 Å². The molecule has 5 heteroatoms. The molecule has 0 radical (unpaired) electrons. The van der Waals surface area contributed by atoms with Crippen LogP contribution in [0.4, 0.5) is 4.39 Å². The smallest absolute Gasteiger partial charge is 0.127 e. The number of ether oxygens (including phenoxy) is 1. The highest BCUT2D eigenvalue weighted by Crippen LogP contribution is 2.25. The van der Waals surface area contributed by atoms with Gasteiger partial charge in [0.1, 0.15) is 11.6 Å². The van der Waals surface area contributed by atoms with Gasteiger partial charge in [0.2, 0.25) is 0 Å². The average molecular weight is 285 g/mol. The van der Waals surface area contributed by atoms with Crippen molar-refractivity contribution in [2.24, 2.45) is 0 Å². The van der Waals surface area contributed by atoms with Gasteiger partial charge in [-0.25, -0.2) is 9.37 Å². The predicted octanol–water partition coefficient (Wildman–Crippen LogP) is 3.90. The van der Waals surface area contributed by atoms with Gasteiger partial charge < -0.3 is 9.30 Å². The number of fused-ring (bicyclic) bond motifs is 1. The summed E-state index contributed by atoms with van der Waals surface area (Å²) in [5, 5.41) is -0.206. The highest BCUT2D eigenvalue weighted by Gasteiger charge is 2.15. The molecule has 19 heavy (non-hydrogen) atoms. The van der Waals surface area contributed by atoms with E-state index in [2.05, 4.69) is 4.98 Å². The Bertz CT molecular complexity index is 554. The quantitative estimate of drug-likeness (QED) is 0.594. The highest BCUT2D eigenvalue weighted by atomic mass is 35.5. The third-order valence-corrected chi connectivity index (χ3v) is 3.17. The Morgan fingerprint density at radius 2 is 2.26 bits per heavy atom. The maximum absolute atomic E-state index is 13.4. The molecule has 3 nitrogen and oxygen atoms in total. The number of hydrogen-bond acceptors (Lipinski definition) is 2. The van der Waals surface area contributed by atoms with E-state index in [0.717, 1.165) is 29.8 Å². The molecule has 1 aromatic heterocycles. The lowest BCUT2D eigenvalue weighted by molar-refractivity contribution is 0.141. The lowest BCUT2D eigenvalue weighted by atomic mass is 10.3. The van der Waals surface area contributed by atoms with E-state index in [9.17, 15) is 4.39 Å². The first-order valence-corrected chi connectivity index (χ1v) is 6.94. The van der Waals surface area contributed by atoms with Crippen LogP contribution in [0.3, 0.4) is 0 Å². The molecule has 2 rings (SSSR count). The number of hydrogen-bond donors (Lipinski definition) is 0. The zero-order chi connectivity index (χ0) is 13.8. The van der Waals surface area contributed by atoms with Crippen molar-refractivity contribution in [2.75, 3.05) is 13.2 Å². The number of aryl methyl sites for hydroxylation is 1. The Labute approximate surface area is 117 Å². The largest absolute Gasteiger partial charge is 0.382 e. The fourth-order valence-corrected chi connectivity index (χ4v) is 2.29. The SMILES string of the molecule is CCOCCCn1c(C(C)Cl)nc2ccc(F)cc21. The molecule has 2 aromatic rings.